The van der Waals surface area contributed by atoms with E-state index in [4.69, 9.17) is 5.11 Å². The molecule has 1 fully saturated rings. The van der Waals surface area contributed by atoms with Gasteiger partial charge in [-0.15, -0.1) is 0 Å². The molecule has 0 aliphatic carbocycles. The summed E-state index contributed by atoms with van der Waals surface area (Å²) in [5.41, 5.74) is 1.14. The molecule has 2 heterocycles. The molecule has 0 aromatic carbocycles. The number of carbonyl (C=O) groups is 1. The Balaban J connectivity index is 1.93. The molecule has 1 aromatic heterocycles. The Bertz CT molecular complexity index is 383. The maximum absolute atomic E-state index is 10.8. The molecule has 0 saturated carbocycles. The second-order valence-corrected chi connectivity index (χ2v) is 4.49. The summed E-state index contributed by atoms with van der Waals surface area (Å²) in [5, 5.41) is 8.88. The second kappa shape index (κ2) is 4.12. The molecule has 0 amide bonds. The van der Waals surface area contributed by atoms with Gasteiger partial charge in [-0.2, -0.15) is 0 Å². The first-order valence-electron chi connectivity index (χ1n) is 5.48. The van der Waals surface area contributed by atoms with Crippen LogP contribution in [0.2, 0.25) is 0 Å². The van der Waals surface area contributed by atoms with Gasteiger partial charge >= 0.3 is 5.97 Å². The van der Waals surface area contributed by atoms with Crippen LogP contribution in [0.4, 0.5) is 5.82 Å². The van der Waals surface area contributed by atoms with Crippen molar-refractivity contribution in [3.63, 3.8) is 0 Å². The third-order valence-electron chi connectivity index (χ3n) is 3.23. The lowest BCUT2D eigenvalue weighted by Crippen LogP contribution is -2.51. The second-order valence-electron chi connectivity index (χ2n) is 4.49. The standard InChI is InChI=1S/C12H16N2O2/c1-8-3-4-11(13-5-8)14-6-10(7-14)9(2)12(15)16/h3-5,9-10H,6-7H2,1-2H3,(H,15,16). The molecule has 4 heteroatoms. The van der Waals surface area contributed by atoms with Crippen molar-refractivity contribution in [3.05, 3.63) is 23.9 Å². The number of hydrogen-bond donors (Lipinski definition) is 1. The van der Waals surface area contributed by atoms with Gasteiger partial charge in [0, 0.05) is 25.2 Å². The topological polar surface area (TPSA) is 53.4 Å². The molecular weight excluding hydrogens is 204 g/mol. The van der Waals surface area contributed by atoms with E-state index in [0.717, 1.165) is 24.5 Å². The summed E-state index contributed by atoms with van der Waals surface area (Å²) in [7, 11) is 0. The van der Waals surface area contributed by atoms with Crippen LogP contribution in [0.5, 0.6) is 0 Å². The van der Waals surface area contributed by atoms with Crippen LogP contribution in [0.1, 0.15) is 12.5 Å². The summed E-state index contributed by atoms with van der Waals surface area (Å²) in [5.74, 6) is 0.225. The number of aromatic nitrogens is 1. The molecular formula is C12H16N2O2. The first kappa shape index (κ1) is 10.9. The van der Waals surface area contributed by atoms with E-state index in [9.17, 15) is 4.79 Å². The highest BCUT2D eigenvalue weighted by atomic mass is 16.4. The smallest absolute Gasteiger partial charge is 0.306 e. The van der Waals surface area contributed by atoms with Gasteiger partial charge in [0.1, 0.15) is 5.82 Å². The van der Waals surface area contributed by atoms with E-state index in [1.165, 1.54) is 0 Å². The molecule has 1 N–H and O–H groups in total. The molecule has 1 aromatic rings. The zero-order valence-corrected chi connectivity index (χ0v) is 9.55. The number of aliphatic carboxylic acids is 1. The molecule has 1 aliphatic heterocycles. The molecule has 1 atom stereocenters. The number of anilines is 1. The maximum Gasteiger partial charge on any atom is 0.306 e. The van der Waals surface area contributed by atoms with Crippen molar-refractivity contribution >= 4 is 11.8 Å². The summed E-state index contributed by atoms with van der Waals surface area (Å²) in [6.07, 6.45) is 1.84. The Hall–Kier alpha value is -1.58. The predicted octanol–water partition coefficient (Wildman–Crippen LogP) is 1.55. The third-order valence-corrected chi connectivity index (χ3v) is 3.23. The zero-order valence-electron chi connectivity index (χ0n) is 9.55. The van der Waals surface area contributed by atoms with Crippen molar-refractivity contribution < 1.29 is 9.90 Å². The van der Waals surface area contributed by atoms with Crippen molar-refractivity contribution in [2.45, 2.75) is 13.8 Å². The minimum Gasteiger partial charge on any atom is -0.481 e. The van der Waals surface area contributed by atoms with Crippen molar-refractivity contribution in [3.8, 4) is 0 Å². The van der Waals surface area contributed by atoms with E-state index >= 15 is 0 Å². The van der Waals surface area contributed by atoms with Crippen LogP contribution in [-0.4, -0.2) is 29.1 Å². The molecule has 4 nitrogen and oxygen atoms in total. The van der Waals surface area contributed by atoms with E-state index in [1.807, 2.05) is 25.3 Å². The lowest BCUT2D eigenvalue weighted by atomic mass is 9.87. The van der Waals surface area contributed by atoms with Gasteiger partial charge in [0.2, 0.25) is 0 Å². The monoisotopic (exact) mass is 220 g/mol. The normalized spacial score (nSPS) is 18.0. The maximum atomic E-state index is 10.8. The van der Waals surface area contributed by atoms with Crippen LogP contribution in [-0.2, 0) is 4.79 Å². The number of nitrogens with zero attached hydrogens (tertiary/aromatic N) is 2. The zero-order chi connectivity index (χ0) is 11.7. The fourth-order valence-electron chi connectivity index (χ4n) is 1.86. The Morgan fingerprint density at radius 2 is 2.25 bits per heavy atom. The van der Waals surface area contributed by atoms with Crippen molar-refractivity contribution in [2.75, 3.05) is 18.0 Å². The number of aryl methyl sites for hydroxylation is 1. The highest BCUT2D eigenvalue weighted by molar-refractivity contribution is 5.70. The minimum absolute atomic E-state index is 0.251. The quantitative estimate of drug-likeness (QED) is 0.839. The van der Waals surface area contributed by atoms with E-state index < -0.39 is 5.97 Å². The third kappa shape index (κ3) is 2.01. The lowest BCUT2D eigenvalue weighted by Gasteiger charge is -2.42. The highest BCUT2D eigenvalue weighted by Gasteiger charge is 2.35. The molecule has 1 aliphatic rings. The van der Waals surface area contributed by atoms with Gasteiger partial charge in [-0.3, -0.25) is 4.79 Å². The lowest BCUT2D eigenvalue weighted by molar-refractivity contribution is -0.143. The molecule has 1 saturated heterocycles. The van der Waals surface area contributed by atoms with Crippen LogP contribution in [0.3, 0.4) is 0 Å². The molecule has 0 radical (unpaired) electrons. The van der Waals surface area contributed by atoms with E-state index in [0.29, 0.717) is 0 Å². The minimum atomic E-state index is -0.707. The Kier molecular flexibility index (Phi) is 2.81. The largest absolute Gasteiger partial charge is 0.481 e. The summed E-state index contributed by atoms with van der Waals surface area (Å²) >= 11 is 0. The van der Waals surface area contributed by atoms with Crippen LogP contribution in [0.15, 0.2) is 18.3 Å². The number of carboxylic acids is 1. The van der Waals surface area contributed by atoms with Gasteiger partial charge < -0.3 is 10.0 Å². The van der Waals surface area contributed by atoms with Gasteiger partial charge in [-0.1, -0.05) is 13.0 Å². The fraction of sp³-hybridized carbons (Fsp3) is 0.500. The number of pyridine rings is 1. The number of hydrogen-bond acceptors (Lipinski definition) is 3. The van der Waals surface area contributed by atoms with Crippen LogP contribution in [0.25, 0.3) is 0 Å². The Morgan fingerprint density at radius 3 is 2.75 bits per heavy atom. The average molecular weight is 220 g/mol. The van der Waals surface area contributed by atoms with Crippen molar-refractivity contribution in [2.24, 2.45) is 11.8 Å². The van der Waals surface area contributed by atoms with E-state index in [-0.39, 0.29) is 11.8 Å². The molecule has 16 heavy (non-hydrogen) atoms. The van der Waals surface area contributed by atoms with Crippen LogP contribution < -0.4 is 4.90 Å². The van der Waals surface area contributed by atoms with Crippen molar-refractivity contribution in [1.82, 2.24) is 4.98 Å². The van der Waals surface area contributed by atoms with Gasteiger partial charge in [0.25, 0.3) is 0 Å². The SMILES string of the molecule is Cc1ccc(N2CC(C(C)C(=O)O)C2)nc1. The van der Waals surface area contributed by atoms with Gasteiger partial charge in [-0.25, -0.2) is 4.98 Å². The number of rotatable bonds is 3. The molecule has 86 valence electrons. The van der Waals surface area contributed by atoms with Gasteiger partial charge in [0.05, 0.1) is 5.92 Å². The first-order chi connectivity index (χ1) is 7.58. The first-order valence-corrected chi connectivity index (χ1v) is 5.48. The van der Waals surface area contributed by atoms with E-state index in [2.05, 4.69) is 9.88 Å². The summed E-state index contributed by atoms with van der Waals surface area (Å²) < 4.78 is 0. The molecule has 0 spiro atoms. The average Bonchev–Trinajstić information content (AvgIpc) is 2.18. The van der Waals surface area contributed by atoms with Crippen molar-refractivity contribution in [1.29, 1.82) is 0 Å². The Labute approximate surface area is 94.9 Å². The van der Waals surface area contributed by atoms with Gasteiger partial charge in [0.15, 0.2) is 0 Å². The fourth-order valence-corrected chi connectivity index (χ4v) is 1.86. The highest BCUT2D eigenvalue weighted by Crippen LogP contribution is 2.27. The van der Waals surface area contributed by atoms with Gasteiger partial charge in [-0.05, 0) is 18.6 Å². The Morgan fingerprint density at radius 1 is 1.56 bits per heavy atom. The molecule has 0 bridgehead atoms. The summed E-state index contributed by atoms with van der Waals surface area (Å²) in [4.78, 5) is 17.2. The van der Waals surface area contributed by atoms with Crippen LogP contribution in [0, 0.1) is 18.8 Å². The summed E-state index contributed by atoms with van der Waals surface area (Å²) in [6.45, 7) is 5.36. The van der Waals surface area contributed by atoms with Crippen LogP contribution >= 0.6 is 0 Å². The number of carboxylic acid groups (broad SMARTS) is 1. The molecule has 2 rings (SSSR count). The van der Waals surface area contributed by atoms with E-state index in [1.54, 1.807) is 6.92 Å². The summed E-state index contributed by atoms with van der Waals surface area (Å²) in [6, 6.07) is 4.01. The predicted molar refractivity (Wildman–Crippen MR) is 61.5 cm³/mol. The molecule has 1 unspecified atom stereocenters.